The van der Waals surface area contributed by atoms with Crippen molar-refractivity contribution in [3.63, 3.8) is 0 Å². The minimum Gasteiger partial charge on any atom is -0.508 e. The van der Waals surface area contributed by atoms with E-state index in [0.29, 0.717) is 12.8 Å². The van der Waals surface area contributed by atoms with Gasteiger partial charge in [0.1, 0.15) is 11.5 Å². The second-order valence-corrected chi connectivity index (χ2v) is 4.55. The van der Waals surface area contributed by atoms with E-state index < -0.39 is 0 Å². The van der Waals surface area contributed by atoms with E-state index in [9.17, 15) is 9.90 Å². The monoisotopic (exact) mass is 240 g/mol. The maximum Gasteiger partial charge on any atom is 0.141 e. The quantitative estimate of drug-likeness (QED) is 0.891. The van der Waals surface area contributed by atoms with Gasteiger partial charge in [0.05, 0.1) is 0 Å². The number of ketones is 1. The zero-order chi connectivity index (χ0) is 13.0. The number of benzene rings is 2. The third-order valence-electron chi connectivity index (χ3n) is 2.82. The fraction of sp³-hybridized carbons (Fsp3) is 0.188. The molecular formula is C16H16O2. The van der Waals surface area contributed by atoms with Crippen molar-refractivity contribution in [2.45, 2.75) is 19.8 Å². The molecule has 1 N–H and O–H groups in total. The van der Waals surface area contributed by atoms with E-state index in [1.165, 1.54) is 5.56 Å². The van der Waals surface area contributed by atoms with Gasteiger partial charge in [-0.05, 0) is 30.2 Å². The molecule has 0 bridgehead atoms. The Kier molecular flexibility index (Phi) is 3.78. The van der Waals surface area contributed by atoms with Crippen LogP contribution in [0.5, 0.6) is 5.75 Å². The summed E-state index contributed by atoms with van der Waals surface area (Å²) in [5, 5.41) is 9.17. The summed E-state index contributed by atoms with van der Waals surface area (Å²) in [6.45, 7) is 2.02. The van der Waals surface area contributed by atoms with Gasteiger partial charge in [-0.2, -0.15) is 0 Å². The lowest BCUT2D eigenvalue weighted by molar-refractivity contribution is -0.117. The van der Waals surface area contributed by atoms with Crippen LogP contribution in [0.4, 0.5) is 0 Å². The molecule has 0 spiro atoms. The molecule has 0 aliphatic heterocycles. The summed E-state index contributed by atoms with van der Waals surface area (Å²) < 4.78 is 0. The Morgan fingerprint density at radius 3 is 2.33 bits per heavy atom. The summed E-state index contributed by atoms with van der Waals surface area (Å²) in [6, 6.07) is 14.8. The molecule has 0 amide bonds. The van der Waals surface area contributed by atoms with E-state index in [1.807, 2.05) is 31.2 Å². The van der Waals surface area contributed by atoms with Gasteiger partial charge in [0.25, 0.3) is 0 Å². The van der Waals surface area contributed by atoms with Crippen molar-refractivity contribution in [1.29, 1.82) is 0 Å². The van der Waals surface area contributed by atoms with Crippen molar-refractivity contribution >= 4 is 5.78 Å². The molecule has 0 aliphatic carbocycles. The summed E-state index contributed by atoms with van der Waals surface area (Å²) in [7, 11) is 0. The lowest BCUT2D eigenvalue weighted by atomic mass is 10.0. The van der Waals surface area contributed by atoms with E-state index in [-0.39, 0.29) is 11.5 Å². The van der Waals surface area contributed by atoms with Gasteiger partial charge in [-0.15, -0.1) is 0 Å². The Hall–Kier alpha value is -2.09. The molecule has 2 aromatic carbocycles. The average Bonchev–Trinajstić information content (AvgIpc) is 2.32. The maximum absolute atomic E-state index is 11.9. The topological polar surface area (TPSA) is 37.3 Å². The van der Waals surface area contributed by atoms with Gasteiger partial charge in [0, 0.05) is 12.8 Å². The fourth-order valence-corrected chi connectivity index (χ4v) is 1.95. The number of phenolic OH excluding ortho intramolecular Hbond substituents is 1. The molecule has 2 rings (SSSR count). The van der Waals surface area contributed by atoms with Crippen LogP contribution >= 0.6 is 0 Å². The lowest BCUT2D eigenvalue weighted by Gasteiger charge is -2.03. The highest BCUT2D eigenvalue weighted by Crippen LogP contribution is 2.12. The van der Waals surface area contributed by atoms with Crippen LogP contribution < -0.4 is 0 Å². The van der Waals surface area contributed by atoms with Crippen LogP contribution in [0.2, 0.25) is 0 Å². The fourth-order valence-electron chi connectivity index (χ4n) is 1.95. The summed E-state index contributed by atoms with van der Waals surface area (Å²) in [5.41, 5.74) is 3.16. The first kappa shape index (κ1) is 12.4. The van der Waals surface area contributed by atoms with Crippen molar-refractivity contribution in [2.24, 2.45) is 0 Å². The van der Waals surface area contributed by atoms with Gasteiger partial charge in [-0.1, -0.05) is 42.0 Å². The zero-order valence-electron chi connectivity index (χ0n) is 10.4. The molecule has 2 aromatic rings. The molecule has 2 nitrogen and oxygen atoms in total. The van der Waals surface area contributed by atoms with Crippen molar-refractivity contribution in [3.05, 3.63) is 65.2 Å². The van der Waals surface area contributed by atoms with Gasteiger partial charge in [0.15, 0.2) is 0 Å². The van der Waals surface area contributed by atoms with Crippen LogP contribution in [0.25, 0.3) is 0 Å². The Bertz CT molecular complexity index is 541. The lowest BCUT2D eigenvalue weighted by Crippen LogP contribution is -2.06. The van der Waals surface area contributed by atoms with Gasteiger partial charge in [0.2, 0.25) is 0 Å². The first-order valence-corrected chi connectivity index (χ1v) is 5.98. The van der Waals surface area contributed by atoms with Crippen LogP contribution in [0.1, 0.15) is 16.7 Å². The predicted octanol–water partition coefficient (Wildman–Crippen LogP) is 3.05. The van der Waals surface area contributed by atoms with E-state index in [4.69, 9.17) is 0 Å². The van der Waals surface area contributed by atoms with Crippen LogP contribution in [-0.4, -0.2) is 10.9 Å². The second kappa shape index (κ2) is 5.50. The zero-order valence-corrected chi connectivity index (χ0v) is 10.4. The normalized spacial score (nSPS) is 10.3. The molecule has 0 unspecified atom stereocenters. The SMILES string of the molecule is Cc1cccc(CC(=O)Cc2ccc(O)cc2)c1. The molecule has 92 valence electrons. The van der Waals surface area contributed by atoms with Crippen molar-refractivity contribution in [2.75, 3.05) is 0 Å². The number of carbonyl (C=O) groups excluding carboxylic acids is 1. The average molecular weight is 240 g/mol. The van der Waals surface area contributed by atoms with E-state index in [0.717, 1.165) is 11.1 Å². The number of hydrogen-bond acceptors (Lipinski definition) is 2. The van der Waals surface area contributed by atoms with Crippen molar-refractivity contribution in [3.8, 4) is 5.75 Å². The molecule has 0 aromatic heterocycles. The highest BCUT2D eigenvalue weighted by atomic mass is 16.3. The van der Waals surface area contributed by atoms with Crippen LogP contribution in [0.3, 0.4) is 0 Å². The Balaban J connectivity index is 1.98. The van der Waals surface area contributed by atoms with Gasteiger partial charge < -0.3 is 5.11 Å². The number of carbonyl (C=O) groups is 1. The molecule has 0 radical (unpaired) electrons. The highest BCUT2D eigenvalue weighted by Gasteiger charge is 2.05. The summed E-state index contributed by atoms with van der Waals surface area (Å²) in [6.07, 6.45) is 0.872. The van der Waals surface area contributed by atoms with E-state index in [1.54, 1.807) is 24.3 Å². The molecule has 0 heterocycles. The summed E-state index contributed by atoms with van der Waals surface area (Å²) >= 11 is 0. The smallest absolute Gasteiger partial charge is 0.141 e. The Morgan fingerprint density at radius 2 is 1.67 bits per heavy atom. The first-order valence-electron chi connectivity index (χ1n) is 5.98. The van der Waals surface area contributed by atoms with E-state index in [2.05, 4.69) is 0 Å². The third-order valence-corrected chi connectivity index (χ3v) is 2.82. The molecule has 0 saturated carbocycles. The van der Waals surface area contributed by atoms with Crippen molar-refractivity contribution < 1.29 is 9.90 Å². The largest absolute Gasteiger partial charge is 0.508 e. The van der Waals surface area contributed by atoms with Gasteiger partial charge >= 0.3 is 0 Å². The molecule has 18 heavy (non-hydrogen) atoms. The third kappa shape index (κ3) is 3.45. The molecule has 2 heteroatoms. The maximum atomic E-state index is 11.9. The standard InChI is InChI=1S/C16H16O2/c1-12-3-2-4-14(9-12)11-16(18)10-13-5-7-15(17)8-6-13/h2-9,17H,10-11H2,1H3. The minimum atomic E-state index is 0.186. The number of phenols is 1. The Labute approximate surface area is 107 Å². The van der Waals surface area contributed by atoms with Crippen LogP contribution in [0, 0.1) is 6.92 Å². The summed E-state index contributed by atoms with van der Waals surface area (Å²) in [4.78, 5) is 11.9. The summed E-state index contributed by atoms with van der Waals surface area (Å²) in [5.74, 6) is 0.413. The van der Waals surface area contributed by atoms with Crippen molar-refractivity contribution in [1.82, 2.24) is 0 Å². The molecule has 0 saturated heterocycles. The van der Waals surface area contributed by atoms with E-state index >= 15 is 0 Å². The molecular weight excluding hydrogens is 224 g/mol. The van der Waals surface area contributed by atoms with Crippen LogP contribution in [-0.2, 0) is 17.6 Å². The first-order chi connectivity index (χ1) is 8.63. The Morgan fingerprint density at radius 1 is 1.00 bits per heavy atom. The number of rotatable bonds is 4. The highest BCUT2D eigenvalue weighted by molar-refractivity contribution is 5.83. The molecule has 0 fully saturated rings. The molecule has 0 atom stereocenters. The number of aromatic hydroxyl groups is 1. The van der Waals surface area contributed by atoms with Gasteiger partial charge in [-0.3, -0.25) is 4.79 Å². The minimum absolute atomic E-state index is 0.186. The van der Waals surface area contributed by atoms with Gasteiger partial charge in [-0.25, -0.2) is 0 Å². The predicted molar refractivity (Wildman–Crippen MR) is 71.7 cm³/mol. The van der Waals surface area contributed by atoms with Crippen LogP contribution in [0.15, 0.2) is 48.5 Å². The number of Topliss-reactive ketones (excluding diaryl/α,β-unsaturated/α-hetero) is 1. The molecule has 0 aliphatic rings. The second-order valence-electron chi connectivity index (χ2n) is 4.55. The number of hydrogen-bond donors (Lipinski definition) is 1. The number of aryl methyl sites for hydroxylation is 1.